The molecule has 21 heavy (non-hydrogen) atoms. The summed E-state index contributed by atoms with van der Waals surface area (Å²) in [6.07, 6.45) is 2.68. The largest absolute Gasteiger partial charge is 0.271 e. The van der Waals surface area contributed by atoms with Crippen molar-refractivity contribution in [3.63, 3.8) is 0 Å². The summed E-state index contributed by atoms with van der Waals surface area (Å²) < 4.78 is 3.97. The standard InChI is InChI=1S/C15H26N6/c1-5-11-8-13(21(7-3)19-11)10-14(17-16)15-9-12(6-2)18-20(15)4/h8-9,14,17H,5-7,10,16H2,1-4H3. The van der Waals surface area contributed by atoms with Gasteiger partial charge in [-0.3, -0.25) is 20.6 Å². The Hall–Kier alpha value is -1.66. The van der Waals surface area contributed by atoms with Crippen molar-refractivity contribution in [2.75, 3.05) is 0 Å². The van der Waals surface area contributed by atoms with Crippen LogP contribution in [0.2, 0.25) is 0 Å². The Kier molecular flexibility index (Phi) is 5.14. The fourth-order valence-corrected chi connectivity index (χ4v) is 2.63. The van der Waals surface area contributed by atoms with Gasteiger partial charge in [0.1, 0.15) is 0 Å². The molecular formula is C15H26N6. The molecule has 116 valence electrons. The monoisotopic (exact) mass is 290 g/mol. The zero-order valence-corrected chi connectivity index (χ0v) is 13.4. The van der Waals surface area contributed by atoms with Gasteiger partial charge in [0.15, 0.2) is 0 Å². The normalized spacial score (nSPS) is 12.8. The molecule has 2 aromatic heterocycles. The summed E-state index contributed by atoms with van der Waals surface area (Å²) in [5.41, 5.74) is 7.45. The first-order valence-corrected chi connectivity index (χ1v) is 7.67. The van der Waals surface area contributed by atoms with E-state index in [1.165, 1.54) is 5.69 Å². The number of nitrogens with two attached hydrogens (primary N) is 1. The molecule has 3 N–H and O–H groups in total. The highest BCUT2D eigenvalue weighted by Gasteiger charge is 2.18. The molecule has 1 atom stereocenters. The lowest BCUT2D eigenvalue weighted by Gasteiger charge is -2.16. The summed E-state index contributed by atoms with van der Waals surface area (Å²) in [6.45, 7) is 7.22. The molecular weight excluding hydrogens is 264 g/mol. The van der Waals surface area contributed by atoms with E-state index in [-0.39, 0.29) is 6.04 Å². The number of hydrogen-bond acceptors (Lipinski definition) is 4. The summed E-state index contributed by atoms with van der Waals surface area (Å²) in [6, 6.07) is 4.33. The Balaban J connectivity index is 2.26. The average molecular weight is 290 g/mol. The van der Waals surface area contributed by atoms with Crippen LogP contribution >= 0.6 is 0 Å². The summed E-state index contributed by atoms with van der Waals surface area (Å²) in [4.78, 5) is 0. The maximum atomic E-state index is 5.78. The van der Waals surface area contributed by atoms with Crippen molar-refractivity contribution in [1.29, 1.82) is 0 Å². The highest BCUT2D eigenvalue weighted by Crippen LogP contribution is 2.19. The third-order valence-corrected chi connectivity index (χ3v) is 3.88. The van der Waals surface area contributed by atoms with E-state index < -0.39 is 0 Å². The third-order valence-electron chi connectivity index (χ3n) is 3.88. The van der Waals surface area contributed by atoms with Gasteiger partial charge in [-0.05, 0) is 31.9 Å². The number of aryl methyl sites for hydroxylation is 4. The Morgan fingerprint density at radius 3 is 2.33 bits per heavy atom. The van der Waals surface area contributed by atoms with Gasteiger partial charge in [0.05, 0.1) is 23.1 Å². The molecule has 0 saturated carbocycles. The predicted molar refractivity (Wildman–Crippen MR) is 83.6 cm³/mol. The Morgan fingerprint density at radius 1 is 1.14 bits per heavy atom. The average Bonchev–Trinajstić information content (AvgIpc) is 3.07. The van der Waals surface area contributed by atoms with E-state index in [0.29, 0.717) is 0 Å². The zero-order valence-electron chi connectivity index (χ0n) is 13.4. The van der Waals surface area contributed by atoms with Crippen LogP contribution in [0.15, 0.2) is 12.1 Å². The molecule has 0 spiro atoms. The van der Waals surface area contributed by atoms with Gasteiger partial charge in [-0.1, -0.05) is 13.8 Å². The molecule has 0 aliphatic carbocycles. The van der Waals surface area contributed by atoms with Gasteiger partial charge in [0.25, 0.3) is 0 Å². The van der Waals surface area contributed by atoms with Crippen LogP contribution in [-0.4, -0.2) is 19.6 Å². The van der Waals surface area contributed by atoms with Crippen LogP contribution < -0.4 is 11.3 Å². The van der Waals surface area contributed by atoms with Crippen LogP contribution in [0.1, 0.15) is 49.6 Å². The Bertz CT molecular complexity index is 583. The maximum Gasteiger partial charge on any atom is 0.0684 e. The molecule has 6 heteroatoms. The molecule has 2 aromatic rings. The van der Waals surface area contributed by atoms with Gasteiger partial charge in [0, 0.05) is 25.7 Å². The second-order valence-corrected chi connectivity index (χ2v) is 5.26. The number of hydrazine groups is 1. The minimum atomic E-state index is 0.0366. The van der Waals surface area contributed by atoms with E-state index in [2.05, 4.69) is 53.2 Å². The molecule has 0 radical (unpaired) electrons. The van der Waals surface area contributed by atoms with E-state index in [4.69, 9.17) is 5.84 Å². The highest BCUT2D eigenvalue weighted by molar-refractivity contribution is 5.19. The fraction of sp³-hybridized carbons (Fsp3) is 0.600. The number of nitrogens with one attached hydrogen (secondary N) is 1. The lowest BCUT2D eigenvalue weighted by atomic mass is 10.1. The molecule has 0 fully saturated rings. The molecule has 0 saturated heterocycles. The second-order valence-electron chi connectivity index (χ2n) is 5.26. The first kappa shape index (κ1) is 15.7. The van der Waals surface area contributed by atoms with E-state index in [1.807, 2.05) is 11.7 Å². The van der Waals surface area contributed by atoms with E-state index >= 15 is 0 Å². The molecule has 6 nitrogen and oxygen atoms in total. The summed E-state index contributed by atoms with van der Waals surface area (Å²) in [5, 5.41) is 9.10. The Morgan fingerprint density at radius 2 is 1.81 bits per heavy atom. The van der Waals surface area contributed by atoms with Gasteiger partial charge in [-0.15, -0.1) is 0 Å². The van der Waals surface area contributed by atoms with Crippen molar-refractivity contribution in [1.82, 2.24) is 25.0 Å². The van der Waals surface area contributed by atoms with Crippen LogP contribution in [0.25, 0.3) is 0 Å². The number of aromatic nitrogens is 4. The van der Waals surface area contributed by atoms with E-state index in [9.17, 15) is 0 Å². The van der Waals surface area contributed by atoms with E-state index in [1.54, 1.807) is 0 Å². The topological polar surface area (TPSA) is 73.7 Å². The van der Waals surface area contributed by atoms with Crippen molar-refractivity contribution in [2.24, 2.45) is 12.9 Å². The highest BCUT2D eigenvalue weighted by atomic mass is 15.3. The minimum absolute atomic E-state index is 0.0366. The van der Waals surface area contributed by atoms with Gasteiger partial charge in [0.2, 0.25) is 0 Å². The number of rotatable bonds is 7. The molecule has 0 amide bonds. The summed E-state index contributed by atoms with van der Waals surface area (Å²) >= 11 is 0. The van der Waals surface area contributed by atoms with E-state index in [0.717, 1.165) is 42.9 Å². The first-order chi connectivity index (χ1) is 10.1. The molecule has 2 rings (SSSR count). The van der Waals surface area contributed by atoms with Crippen LogP contribution in [0.4, 0.5) is 0 Å². The molecule has 0 aromatic carbocycles. The lowest BCUT2D eigenvalue weighted by molar-refractivity contribution is 0.485. The van der Waals surface area contributed by atoms with Crippen molar-refractivity contribution >= 4 is 0 Å². The smallest absolute Gasteiger partial charge is 0.0684 e. The van der Waals surface area contributed by atoms with Crippen molar-refractivity contribution < 1.29 is 0 Å². The van der Waals surface area contributed by atoms with Crippen LogP contribution in [0.3, 0.4) is 0 Å². The quantitative estimate of drug-likeness (QED) is 0.599. The zero-order chi connectivity index (χ0) is 15.4. The van der Waals surface area contributed by atoms with Crippen molar-refractivity contribution in [2.45, 2.75) is 52.6 Å². The van der Waals surface area contributed by atoms with Gasteiger partial charge in [-0.25, -0.2) is 0 Å². The second kappa shape index (κ2) is 6.87. The lowest BCUT2D eigenvalue weighted by Crippen LogP contribution is -2.31. The minimum Gasteiger partial charge on any atom is -0.271 e. The van der Waals surface area contributed by atoms with Crippen LogP contribution in [0, 0.1) is 0 Å². The third kappa shape index (κ3) is 3.33. The number of hydrogen-bond donors (Lipinski definition) is 2. The summed E-state index contributed by atoms with van der Waals surface area (Å²) in [7, 11) is 1.97. The van der Waals surface area contributed by atoms with Gasteiger partial charge in [-0.2, -0.15) is 10.2 Å². The van der Waals surface area contributed by atoms with Crippen molar-refractivity contribution in [3.05, 3.63) is 34.9 Å². The molecule has 1 unspecified atom stereocenters. The predicted octanol–water partition coefficient (Wildman–Crippen LogP) is 1.51. The summed E-state index contributed by atoms with van der Waals surface area (Å²) in [5.74, 6) is 5.78. The van der Waals surface area contributed by atoms with Gasteiger partial charge < -0.3 is 0 Å². The number of nitrogens with zero attached hydrogens (tertiary/aromatic N) is 4. The van der Waals surface area contributed by atoms with Crippen molar-refractivity contribution in [3.8, 4) is 0 Å². The maximum absolute atomic E-state index is 5.78. The Labute approximate surface area is 126 Å². The molecule has 0 bridgehead atoms. The molecule has 0 aliphatic rings. The SMILES string of the molecule is CCc1cc(C(Cc2cc(CC)nn2CC)NN)n(C)n1. The molecule has 0 aliphatic heterocycles. The van der Waals surface area contributed by atoms with Crippen LogP contribution in [0.5, 0.6) is 0 Å². The first-order valence-electron chi connectivity index (χ1n) is 7.67. The van der Waals surface area contributed by atoms with Crippen LogP contribution in [-0.2, 0) is 32.9 Å². The fourth-order valence-electron chi connectivity index (χ4n) is 2.63. The molecule has 2 heterocycles. The van der Waals surface area contributed by atoms with Gasteiger partial charge >= 0.3 is 0 Å².